The van der Waals surface area contributed by atoms with Gasteiger partial charge in [-0.2, -0.15) is 18.4 Å². The molecule has 1 aliphatic carbocycles. The molecule has 2 aliphatic rings. The molecule has 162 valence electrons. The van der Waals surface area contributed by atoms with Crippen LogP contribution in [-0.2, 0) is 12.7 Å². The summed E-state index contributed by atoms with van der Waals surface area (Å²) >= 11 is 0. The number of nitrogens with zero attached hydrogens (tertiary/aromatic N) is 3. The second kappa shape index (κ2) is 6.71. The van der Waals surface area contributed by atoms with Gasteiger partial charge in [-0.25, -0.2) is 4.98 Å². The lowest BCUT2D eigenvalue weighted by Crippen LogP contribution is -2.74. The maximum Gasteiger partial charge on any atom is 0.419 e. The summed E-state index contributed by atoms with van der Waals surface area (Å²) in [5.41, 5.74) is -1.20. The second-order valence-electron chi connectivity index (χ2n) is 9.31. The van der Waals surface area contributed by atoms with E-state index in [0.29, 0.717) is 12.1 Å². The van der Waals surface area contributed by atoms with Crippen molar-refractivity contribution >= 4 is 5.91 Å². The molecule has 0 saturated heterocycles. The van der Waals surface area contributed by atoms with Crippen molar-refractivity contribution in [1.29, 1.82) is 5.26 Å². The zero-order chi connectivity index (χ0) is 22.8. The van der Waals surface area contributed by atoms with Gasteiger partial charge in [-0.05, 0) is 17.7 Å². The van der Waals surface area contributed by atoms with Crippen molar-refractivity contribution in [2.24, 2.45) is 10.8 Å². The minimum Gasteiger partial charge on any atom is -0.488 e. The molecule has 2 aromatic rings. The Morgan fingerprint density at radius 1 is 1.19 bits per heavy atom. The maximum atomic E-state index is 13.3. The van der Waals surface area contributed by atoms with Crippen LogP contribution < -0.4 is 4.74 Å². The van der Waals surface area contributed by atoms with E-state index in [2.05, 4.69) is 4.98 Å². The molecule has 1 aromatic carbocycles. The predicted molar refractivity (Wildman–Crippen MR) is 106 cm³/mol. The predicted octanol–water partition coefficient (Wildman–Crippen LogP) is 4.81. The third-order valence-corrected chi connectivity index (χ3v) is 6.45. The van der Waals surface area contributed by atoms with Crippen LogP contribution in [0, 0.1) is 22.2 Å². The Bertz CT molecular complexity index is 1090. The van der Waals surface area contributed by atoms with Crippen molar-refractivity contribution in [3.63, 3.8) is 0 Å². The molecule has 4 rings (SSSR count). The summed E-state index contributed by atoms with van der Waals surface area (Å²) in [6.45, 7) is 8.30. The number of hydrogen-bond acceptors (Lipinski definition) is 4. The number of alkyl halides is 3. The van der Waals surface area contributed by atoms with Crippen LogP contribution in [0.2, 0.25) is 0 Å². The number of pyridine rings is 1. The fourth-order valence-corrected chi connectivity index (χ4v) is 5.65. The largest absolute Gasteiger partial charge is 0.488 e. The lowest BCUT2D eigenvalue weighted by atomic mass is 9.49. The van der Waals surface area contributed by atoms with Gasteiger partial charge in [0.2, 0.25) is 0 Å². The topological polar surface area (TPSA) is 66.2 Å². The first-order chi connectivity index (χ1) is 14.4. The molecule has 0 radical (unpaired) electrons. The Balaban J connectivity index is 1.62. The molecule has 1 saturated carbocycles. The van der Waals surface area contributed by atoms with Gasteiger partial charge < -0.3 is 9.64 Å². The average Bonchev–Trinajstić information content (AvgIpc) is 3.00. The molecule has 0 spiro atoms. The van der Waals surface area contributed by atoms with E-state index in [0.717, 1.165) is 17.8 Å². The van der Waals surface area contributed by atoms with E-state index in [1.165, 1.54) is 6.07 Å². The Labute approximate surface area is 178 Å². The Morgan fingerprint density at radius 3 is 2.42 bits per heavy atom. The van der Waals surface area contributed by atoms with Crippen LogP contribution in [0.3, 0.4) is 0 Å². The Morgan fingerprint density at radius 2 is 1.84 bits per heavy atom. The fraction of sp³-hybridized carbons (Fsp3) is 0.435. The third kappa shape index (κ3) is 3.14. The fourth-order valence-electron chi connectivity index (χ4n) is 5.65. The number of carbonyl (C=O) groups excluding carboxylic acids is 1. The van der Waals surface area contributed by atoms with E-state index in [4.69, 9.17) is 10.00 Å². The van der Waals surface area contributed by atoms with Crippen LogP contribution in [-0.4, -0.2) is 27.9 Å². The third-order valence-electron chi connectivity index (χ3n) is 6.45. The van der Waals surface area contributed by atoms with Crippen molar-refractivity contribution in [3.8, 4) is 11.8 Å². The van der Waals surface area contributed by atoms with E-state index in [1.807, 2.05) is 56.9 Å². The first-order valence-electron chi connectivity index (χ1n) is 9.92. The number of aromatic nitrogens is 1. The molecule has 0 bridgehead atoms. The summed E-state index contributed by atoms with van der Waals surface area (Å²) in [7, 11) is 0. The average molecular weight is 429 g/mol. The van der Waals surface area contributed by atoms with E-state index in [9.17, 15) is 18.0 Å². The first kappa shape index (κ1) is 21.2. The smallest absolute Gasteiger partial charge is 0.419 e. The van der Waals surface area contributed by atoms with Crippen LogP contribution >= 0.6 is 0 Å². The number of amides is 1. The minimum atomic E-state index is -4.71. The van der Waals surface area contributed by atoms with Crippen molar-refractivity contribution < 1.29 is 22.7 Å². The molecule has 31 heavy (non-hydrogen) atoms. The number of hydrogen-bond donors (Lipinski definition) is 0. The van der Waals surface area contributed by atoms with Crippen molar-refractivity contribution in [3.05, 3.63) is 58.9 Å². The van der Waals surface area contributed by atoms with Crippen LogP contribution in [0.5, 0.6) is 5.75 Å². The van der Waals surface area contributed by atoms with Gasteiger partial charge >= 0.3 is 6.18 Å². The monoisotopic (exact) mass is 429 g/mol. The van der Waals surface area contributed by atoms with E-state index < -0.39 is 34.4 Å². The van der Waals surface area contributed by atoms with Gasteiger partial charge in [0.25, 0.3) is 5.91 Å². The standard InChI is InChI=1S/C23H22F3N3O2/c1-21(2)19(29-12-13-7-5-6-8-15(13)18(29)30)22(3,4)20(21)31-14-9-16(23(24,25)26)17(10-27)28-11-14/h5-9,11,19-20H,12H2,1-4H3/t19-,20-. The summed E-state index contributed by atoms with van der Waals surface area (Å²) in [5, 5.41) is 8.94. The van der Waals surface area contributed by atoms with Gasteiger partial charge in [-0.1, -0.05) is 45.9 Å². The number of rotatable bonds is 3. The SMILES string of the molecule is CC1(C)[C@H](Oc2cnc(C#N)c(C(F)(F)F)c2)C(C)(C)[C@H]1N1Cc2ccccc2C1=O. The molecule has 0 N–H and O–H groups in total. The second-order valence-corrected chi connectivity index (χ2v) is 9.31. The zero-order valence-corrected chi connectivity index (χ0v) is 17.6. The van der Waals surface area contributed by atoms with Gasteiger partial charge in [0.05, 0.1) is 11.8 Å². The summed E-state index contributed by atoms with van der Waals surface area (Å²) < 4.78 is 45.9. The summed E-state index contributed by atoms with van der Waals surface area (Å²) in [4.78, 5) is 18.5. The molecule has 5 nitrogen and oxygen atoms in total. The quantitative estimate of drug-likeness (QED) is 0.702. The molecule has 8 heteroatoms. The van der Waals surface area contributed by atoms with E-state index in [1.54, 1.807) is 0 Å². The van der Waals surface area contributed by atoms with Crippen molar-refractivity contribution in [2.45, 2.75) is 52.6 Å². The molecule has 1 aliphatic heterocycles. The normalized spacial score (nSPS) is 23.7. The minimum absolute atomic E-state index is 0.0420. The van der Waals surface area contributed by atoms with Gasteiger partial charge in [0, 0.05) is 29.0 Å². The molecular formula is C23H22F3N3O2. The van der Waals surface area contributed by atoms with Crippen LogP contribution in [0.1, 0.15) is 54.9 Å². The number of halogens is 3. The van der Waals surface area contributed by atoms with Crippen LogP contribution in [0.15, 0.2) is 36.5 Å². The molecule has 0 unspecified atom stereocenters. The summed E-state index contributed by atoms with van der Waals surface area (Å²) in [6.07, 6.45) is -4.03. The highest BCUT2D eigenvalue weighted by Gasteiger charge is 2.67. The van der Waals surface area contributed by atoms with E-state index >= 15 is 0 Å². The number of ether oxygens (including phenoxy) is 1. The summed E-state index contributed by atoms with van der Waals surface area (Å²) in [6, 6.07) is 9.60. The highest BCUT2D eigenvalue weighted by molar-refractivity contribution is 5.98. The lowest BCUT2D eigenvalue weighted by molar-refractivity contribution is -0.199. The number of nitriles is 1. The Hall–Kier alpha value is -3.08. The maximum absolute atomic E-state index is 13.3. The van der Waals surface area contributed by atoms with E-state index in [-0.39, 0.29) is 17.7 Å². The van der Waals surface area contributed by atoms with Crippen LogP contribution in [0.25, 0.3) is 0 Å². The molecule has 1 amide bonds. The number of benzene rings is 1. The summed E-state index contributed by atoms with van der Waals surface area (Å²) in [5.74, 6) is -0.0912. The van der Waals surface area contributed by atoms with Gasteiger partial charge in [0.1, 0.15) is 17.9 Å². The van der Waals surface area contributed by atoms with Gasteiger partial charge in [0.15, 0.2) is 5.69 Å². The molecule has 2 heterocycles. The molecule has 1 fully saturated rings. The molecular weight excluding hydrogens is 407 g/mol. The highest BCUT2D eigenvalue weighted by atomic mass is 19.4. The van der Waals surface area contributed by atoms with Gasteiger partial charge in [-0.3, -0.25) is 4.79 Å². The van der Waals surface area contributed by atoms with Crippen LogP contribution in [0.4, 0.5) is 13.2 Å². The highest BCUT2D eigenvalue weighted by Crippen LogP contribution is 2.59. The number of carbonyl (C=O) groups is 1. The van der Waals surface area contributed by atoms with Crippen molar-refractivity contribution in [2.75, 3.05) is 0 Å². The molecule has 0 atom stereocenters. The first-order valence-corrected chi connectivity index (χ1v) is 9.92. The Kier molecular flexibility index (Phi) is 4.58. The van der Waals surface area contributed by atoms with Gasteiger partial charge in [-0.15, -0.1) is 0 Å². The van der Waals surface area contributed by atoms with Crippen molar-refractivity contribution in [1.82, 2.24) is 9.88 Å². The lowest BCUT2D eigenvalue weighted by Gasteiger charge is -2.65. The number of fused-ring (bicyclic) bond motifs is 1. The zero-order valence-electron chi connectivity index (χ0n) is 17.6. The molecule has 1 aromatic heterocycles.